The average Bonchev–Trinajstić information content (AvgIpc) is 3.13. The SMILES string of the molecule is COc1ccccc1CNC(=O)c1ccc2nc(Cc3cccc(Cl)c3)oc2c1. The van der Waals surface area contributed by atoms with Crippen molar-refractivity contribution >= 4 is 28.6 Å². The average molecular weight is 407 g/mol. The number of nitrogens with zero attached hydrogens (tertiary/aromatic N) is 1. The molecule has 0 aliphatic heterocycles. The molecule has 4 aromatic rings. The summed E-state index contributed by atoms with van der Waals surface area (Å²) in [4.78, 5) is 17.1. The molecule has 0 aliphatic rings. The number of para-hydroxylation sites is 1. The van der Waals surface area contributed by atoms with Crippen LogP contribution in [0.4, 0.5) is 0 Å². The number of carbonyl (C=O) groups excluding carboxylic acids is 1. The Hall–Kier alpha value is -3.31. The van der Waals surface area contributed by atoms with E-state index in [2.05, 4.69) is 10.3 Å². The normalized spacial score (nSPS) is 10.8. The Morgan fingerprint density at radius 3 is 2.79 bits per heavy atom. The molecule has 0 atom stereocenters. The summed E-state index contributed by atoms with van der Waals surface area (Å²) in [5.41, 5.74) is 3.72. The summed E-state index contributed by atoms with van der Waals surface area (Å²) >= 11 is 6.04. The van der Waals surface area contributed by atoms with Gasteiger partial charge in [0.2, 0.25) is 0 Å². The number of ether oxygens (including phenoxy) is 1. The number of benzene rings is 3. The van der Waals surface area contributed by atoms with E-state index in [1.165, 1.54) is 0 Å². The molecule has 0 aliphatic carbocycles. The number of fused-ring (bicyclic) bond motifs is 1. The van der Waals surface area contributed by atoms with Crippen LogP contribution in [0, 0.1) is 0 Å². The van der Waals surface area contributed by atoms with E-state index in [0.29, 0.717) is 40.5 Å². The number of oxazole rings is 1. The summed E-state index contributed by atoms with van der Waals surface area (Å²) in [6.07, 6.45) is 0.532. The van der Waals surface area contributed by atoms with Crippen LogP contribution in [-0.2, 0) is 13.0 Å². The fourth-order valence-corrected chi connectivity index (χ4v) is 3.35. The number of aromatic nitrogens is 1. The van der Waals surface area contributed by atoms with Crippen LogP contribution in [0.3, 0.4) is 0 Å². The minimum Gasteiger partial charge on any atom is -0.496 e. The van der Waals surface area contributed by atoms with Gasteiger partial charge in [-0.1, -0.05) is 41.9 Å². The highest BCUT2D eigenvalue weighted by atomic mass is 35.5. The first-order valence-electron chi connectivity index (χ1n) is 9.16. The van der Waals surface area contributed by atoms with E-state index in [4.69, 9.17) is 20.8 Å². The molecular formula is C23H19ClN2O3. The minimum atomic E-state index is -0.189. The van der Waals surface area contributed by atoms with E-state index in [1.807, 2.05) is 48.5 Å². The predicted molar refractivity (Wildman–Crippen MR) is 112 cm³/mol. The Morgan fingerprint density at radius 1 is 1.10 bits per heavy atom. The van der Waals surface area contributed by atoms with Gasteiger partial charge in [0.25, 0.3) is 5.91 Å². The van der Waals surface area contributed by atoms with Crippen molar-refractivity contribution in [2.45, 2.75) is 13.0 Å². The molecular weight excluding hydrogens is 388 g/mol. The van der Waals surface area contributed by atoms with Crippen molar-refractivity contribution in [2.75, 3.05) is 7.11 Å². The number of carbonyl (C=O) groups is 1. The molecule has 0 saturated heterocycles. The van der Waals surface area contributed by atoms with Crippen LogP contribution in [0.5, 0.6) is 5.75 Å². The maximum Gasteiger partial charge on any atom is 0.251 e. The van der Waals surface area contributed by atoms with Crippen molar-refractivity contribution in [1.82, 2.24) is 10.3 Å². The van der Waals surface area contributed by atoms with Gasteiger partial charge >= 0.3 is 0 Å². The van der Waals surface area contributed by atoms with Gasteiger partial charge in [0.15, 0.2) is 11.5 Å². The molecule has 0 spiro atoms. The Balaban J connectivity index is 1.48. The lowest BCUT2D eigenvalue weighted by molar-refractivity contribution is 0.0950. The maximum absolute atomic E-state index is 12.6. The van der Waals surface area contributed by atoms with Crippen molar-refractivity contribution in [3.05, 3.63) is 94.3 Å². The largest absolute Gasteiger partial charge is 0.496 e. The zero-order valence-corrected chi connectivity index (χ0v) is 16.6. The summed E-state index contributed by atoms with van der Waals surface area (Å²) in [5, 5.41) is 3.59. The number of hydrogen-bond donors (Lipinski definition) is 1. The van der Waals surface area contributed by atoms with Crippen molar-refractivity contribution in [3.8, 4) is 5.75 Å². The summed E-state index contributed by atoms with van der Waals surface area (Å²) in [7, 11) is 1.61. The van der Waals surface area contributed by atoms with Crippen LogP contribution in [0.15, 0.2) is 71.1 Å². The van der Waals surface area contributed by atoms with E-state index >= 15 is 0 Å². The number of methoxy groups -OCH3 is 1. The molecule has 29 heavy (non-hydrogen) atoms. The molecule has 0 fully saturated rings. The lowest BCUT2D eigenvalue weighted by Gasteiger charge is -2.09. The van der Waals surface area contributed by atoms with Gasteiger partial charge in [0.05, 0.1) is 7.11 Å². The molecule has 0 saturated carbocycles. The topological polar surface area (TPSA) is 64.4 Å². The van der Waals surface area contributed by atoms with Gasteiger partial charge in [-0.2, -0.15) is 0 Å². The first kappa shape index (κ1) is 19.0. The summed E-state index contributed by atoms with van der Waals surface area (Å²) in [5.74, 6) is 1.13. The van der Waals surface area contributed by atoms with E-state index in [-0.39, 0.29) is 5.91 Å². The van der Waals surface area contributed by atoms with Crippen LogP contribution in [0.25, 0.3) is 11.1 Å². The maximum atomic E-state index is 12.6. The smallest absolute Gasteiger partial charge is 0.251 e. The quantitative estimate of drug-likeness (QED) is 0.488. The van der Waals surface area contributed by atoms with Crippen LogP contribution < -0.4 is 10.1 Å². The first-order valence-corrected chi connectivity index (χ1v) is 9.54. The van der Waals surface area contributed by atoms with Gasteiger partial charge in [0, 0.05) is 29.1 Å². The van der Waals surface area contributed by atoms with Gasteiger partial charge < -0.3 is 14.5 Å². The number of rotatable bonds is 6. The molecule has 3 aromatic carbocycles. The Kier molecular flexibility index (Phi) is 5.49. The van der Waals surface area contributed by atoms with Crippen LogP contribution in [0.1, 0.15) is 27.4 Å². The second kappa shape index (κ2) is 8.37. The molecule has 1 heterocycles. The molecule has 0 unspecified atom stereocenters. The second-order valence-corrected chi connectivity index (χ2v) is 7.03. The fourth-order valence-electron chi connectivity index (χ4n) is 3.14. The van der Waals surface area contributed by atoms with Crippen molar-refractivity contribution in [1.29, 1.82) is 0 Å². The van der Waals surface area contributed by atoms with E-state index in [1.54, 1.807) is 25.3 Å². The van der Waals surface area contributed by atoms with Gasteiger partial charge in [-0.25, -0.2) is 4.98 Å². The second-order valence-electron chi connectivity index (χ2n) is 6.59. The molecule has 6 heteroatoms. The van der Waals surface area contributed by atoms with E-state index in [9.17, 15) is 4.79 Å². The van der Waals surface area contributed by atoms with Crippen molar-refractivity contribution in [3.63, 3.8) is 0 Å². The first-order chi connectivity index (χ1) is 14.1. The van der Waals surface area contributed by atoms with Crippen molar-refractivity contribution < 1.29 is 13.9 Å². The number of amides is 1. The van der Waals surface area contributed by atoms with Gasteiger partial charge in [-0.05, 0) is 42.0 Å². The van der Waals surface area contributed by atoms with Gasteiger partial charge in [0.1, 0.15) is 11.3 Å². The molecule has 0 radical (unpaired) electrons. The highest BCUT2D eigenvalue weighted by Gasteiger charge is 2.12. The Bertz CT molecular complexity index is 1170. The standard InChI is InChI=1S/C23H19ClN2O3/c1-28-20-8-3-2-6-17(20)14-25-23(27)16-9-10-19-21(13-16)29-22(26-19)12-15-5-4-7-18(24)11-15/h2-11,13H,12,14H2,1H3,(H,25,27). The highest BCUT2D eigenvalue weighted by Crippen LogP contribution is 2.21. The van der Waals surface area contributed by atoms with Crippen LogP contribution in [0.2, 0.25) is 5.02 Å². The molecule has 5 nitrogen and oxygen atoms in total. The lowest BCUT2D eigenvalue weighted by Crippen LogP contribution is -2.22. The number of halogens is 1. The van der Waals surface area contributed by atoms with Crippen LogP contribution in [-0.4, -0.2) is 18.0 Å². The summed E-state index contributed by atoms with van der Waals surface area (Å²) in [6.45, 7) is 0.372. The van der Waals surface area contributed by atoms with Crippen LogP contribution >= 0.6 is 11.6 Å². The van der Waals surface area contributed by atoms with E-state index < -0.39 is 0 Å². The molecule has 1 N–H and O–H groups in total. The third-order valence-corrected chi connectivity index (χ3v) is 4.81. The Labute approximate surface area is 173 Å². The summed E-state index contributed by atoms with van der Waals surface area (Å²) < 4.78 is 11.2. The fraction of sp³-hybridized carbons (Fsp3) is 0.130. The van der Waals surface area contributed by atoms with Gasteiger partial charge in [-0.15, -0.1) is 0 Å². The molecule has 4 rings (SSSR count). The van der Waals surface area contributed by atoms with Crippen molar-refractivity contribution in [2.24, 2.45) is 0 Å². The molecule has 0 bridgehead atoms. The predicted octanol–water partition coefficient (Wildman–Crippen LogP) is 5.01. The zero-order chi connectivity index (χ0) is 20.2. The third kappa shape index (κ3) is 4.41. The number of hydrogen-bond acceptors (Lipinski definition) is 4. The Morgan fingerprint density at radius 2 is 1.97 bits per heavy atom. The molecule has 1 aromatic heterocycles. The number of nitrogens with one attached hydrogen (secondary N) is 1. The summed E-state index contributed by atoms with van der Waals surface area (Å²) in [6, 6.07) is 20.4. The van der Waals surface area contributed by atoms with E-state index in [0.717, 1.165) is 16.9 Å². The minimum absolute atomic E-state index is 0.189. The highest BCUT2D eigenvalue weighted by molar-refractivity contribution is 6.30. The lowest BCUT2D eigenvalue weighted by atomic mass is 10.1. The molecule has 1 amide bonds. The monoisotopic (exact) mass is 406 g/mol. The molecule has 146 valence electrons. The third-order valence-electron chi connectivity index (χ3n) is 4.57. The van der Waals surface area contributed by atoms with Gasteiger partial charge in [-0.3, -0.25) is 4.79 Å². The zero-order valence-electron chi connectivity index (χ0n) is 15.8.